The molecule has 23 nitrogen and oxygen atoms in total. The molecule has 2 aromatic rings. The van der Waals surface area contributed by atoms with Gasteiger partial charge in [-0.05, 0) is 52.3 Å². The van der Waals surface area contributed by atoms with E-state index in [-0.39, 0.29) is 55.6 Å². The molecule has 3 saturated heterocycles. The number of carbonyl (C=O) groups is 2. The quantitative estimate of drug-likeness (QED) is 0.0950. The highest BCUT2D eigenvalue weighted by molar-refractivity contribution is 5.97. The van der Waals surface area contributed by atoms with Gasteiger partial charge in [-0.2, -0.15) is 0 Å². The lowest BCUT2D eigenvalue weighted by Crippen LogP contribution is -2.69. The van der Waals surface area contributed by atoms with Gasteiger partial charge in [0.25, 0.3) is 0 Å². The van der Waals surface area contributed by atoms with Crippen molar-refractivity contribution in [2.75, 3.05) is 64.4 Å². The van der Waals surface area contributed by atoms with Gasteiger partial charge in [-0.25, -0.2) is 9.18 Å². The predicted octanol–water partition coefficient (Wildman–Crippen LogP) is -4.86. The first-order chi connectivity index (χ1) is 30.4. The summed E-state index contributed by atoms with van der Waals surface area (Å²) < 4.78 is 45.8. The van der Waals surface area contributed by atoms with Gasteiger partial charge in [0.05, 0.1) is 47.8 Å². The van der Waals surface area contributed by atoms with E-state index in [1.54, 1.807) is 4.57 Å². The summed E-state index contributed by atoms with van der Waals surface area (Å²) in [7, 11) is 2.02. The summed E-state index contributed by atoms with van der Waals surface area (Å²) in [6.07, 6.45) is -9.49. The molecule has 0 bridgehead atoms. The molecule has 1 saturated carbocycles. The van der Waals surface area contributed by atoms with Crippen LogP contribution in [-0.4, -0.2) is 197 Å². The molecule has 0 radical (unpaired) electrons. The number of nitrogens with zero attached hydrogens (tertiary/aromatic N) is 3. The lowest BCUT2D eigenvalue weighted by Gasteiger charge is -2.48. The Labute approximate surface area is 368 Å². The normalized spacial score (nSPS) is 34.9. The summed E-state index contributed by atoms with van der Waals surface area (Å²) in [6, 6.07) is -2.55. The molecule has 0 spiro atoms. The number of ether oxygens (including phenoxy) is 5. The van der Waals surface area contributed by atoms with Crippen molar-refractivity contribution in [3.63, 3.8) is 0 Å². The number of nitrogens with one attached hydrogen (secondary N) is 1. The van der Waals surface area contributed by atoms with Crippen molar-refractivity contribution < 1.29 is 68.3 Å². The molecule has 64 heavy (non-hydrogen) atoms. The summed E-state index contributed by atoms with van der Waals surface area (Å²) in [5.74, 6) is -2.30. The fraction of sp³-hybridized carbons (Fsp3) is 0.725. The maximum absolute atomic E-state index is 15.0. The van der Waals surface area contributed by atoms with Crippen LogP contribution in [-0.2, 0) is 23.7 Å². The molecule has 15 atom stereocenters. The van der Waals surface area contributed by atoms with Crippen LogP contribution >= 0.6 is 0 Å². The van der Waals surface area contributed by atoms with Crippen molar-refractivity contribution in [2.24, 2.45) is 28.7 Å². The lowest BCUT2D eigenvalue weighted by molar-refractivity contribution is -0.314. The number of hydrogen-bond donors (Lipinski definition) is 12. The largest absolute Gasteiger partial charge is 0.487 e. The Morgan fingerprint density at radius 2 is 1.67 bits per heavy atom. The van der Waals surface area contributed by atoms with Crippen molar-refractivity contribution in [3.8, 4) is 5.75 Å². The fourth-order valence-corrected chi connectivity index (χ4v) is 8.71. The van der Waals surface area contributed by atoms with Gasteiger partial charge in [0, 0.05) is 45.0 Å². The molecule has 360 valence electrons. The molecule has 1 aromatic carbocycles. The molecule has 7 rings (SSSR count). The van der Waals surface area contributed by atoms with Gasteiger partial charge in [-0.1, -0.05) is 0 Å². The van der Waals surface area contributed by atoms with E-state index in [1.807, 2.05) is 18.9 Å². The highest BCUT2D eigenvalue weighted by atomic mass is 19.1. The molecule has 4 fully saturated rings. The number of likely N-dealkylation sites (N-methyl/N-ethyl adjacent to an activating group) is 1. The average Bonchev–Trinajstić information content (AvgIpc) is 3.26. The Hall–Kier alpha value is -3.70. The summed E-state index contributed by atoms with van der Waals surface area (Å²) in [5, 5.41) is 63.7. The van der Waals surface area contributed by atoms with Crippen molar-refractivity contribution in [2.45, 2.75) is 124 Å². The minimum Gasteiger partial charge on any atom is -0.487 e. The number of piperazine rings is 1. The summed E-state index contributed by atoms with van der Waals surface area (Å²) in [4.78, 5) is 40.7. The summed E-state index contributed by atoms with van der Waals surface area (Å²) >= 11 is 0. The number of aromatic carboxylic acids is 1. The highest BCUT2D eigenvalue weighted by Gasteiger charge is 2.51. The number of hydrogen-bond acceptors (Lipinski definition) is 20. The zero-order chi connectivity index (χ0) is 46.7. The molecule has 17 N–H and O–H groups in total. The minimum absolute atomic E-state index is 0.000983. The maximum Gasteiger partial charge on any atom is 0.341 e. The maximum atomic E-state index is 15.0. The number of aliphatic hydroxyl groups excluding tert-OH is 5. The number of carbonyl (C=O) groups excluding carboxylic acids is 1. The standard InChI is InChI=1S/C22H44N6O10.C18H20FN3O4/c23-4-3-12(30)20(34)28-11-5-10(26)18(37-21-9(25)2-1-8(6-24)35-21)17(33)19(11)38-22-16(32)14(27)15(31)13(7-29)36-22;1-10-9-26-17-14-11(16(23)12(18(24)25)8-22(10)14)7-13(19)15(17)21-5-3-20(2)4-6-21/h8-19,21-22,29-33H,1-7,23-27H2,(H,28,34);7-8,10H,3-6,9H2,1-2H3,(H,24,25)/t8-,9+,10-,11+,12-,13+,14-,15+,16+,17-,18+,19-,21+,22+;/m0./s1. The smallest absolute Gasteiger partial charge is 0.341 e. The Balaban J connectivity index is 0.000000227. The number of pyridine rings is 1. The number of nitrogens with two attached hydrogens (primary N) is 5. The van der Waals surface area contributed by atoms with Crippen LogP contribution in [0.15, 0.2) is 17.1 Å². The number of halogens is 1. The van der Waals surface area contributed by atoms with Crippen LogP contribution in [0.2, 0.25) is 0 Å². The number of amides is 1. The number of carboxylic acids is 1. The van der Waals surface area contributed by atoms with Gasteiger partial charge in [0.2, 0.25) is 11.3 Å². The Morgan fingerprint density at radius 1 is 0.984 bits per heavy atom. The predicted molar refractivity (Wildman–Crippen MR) is 226 cm³/mol. The minimum atomic E-state index is -1.55. The second-order valence-electron chi connectivity index (χ2n) is 17.2. The molecular weight excluding hydrogens is 849 g/mol. The monoisotopic (exact) mass is 913 g/mol. The van der Waals surface area contributed by atoms with Crippen molar-refractivity contribution >= 4 is 28.5 Å². The van der Waals surface area contributed by atoms with Crippen molar-refractivity contribution in [1.82, 2.24) is 14.8 Å². The molecule has 1 amide bonds. The van der Waals surface area contributed by atoms with E-state index in [4.69, 9.17) is 52.4 Å². The Bertz CT molecular complexity index is 1990. The van der Waals surface area contributed by atoms with Crippen LogP contribution in [0.4, 0.5) is 10.1 Å². The van der Waals surface area contributed by atoms with Crippen LogP contribution < -0.4 is 49.1 Å². The molecule has 1 aromatic heterocycles. The number of rotatable bonds is 12. The molecule has 1 aliphatic carbocycles. The van der Waals surface area contributed by atoms with Crippen LogP contribution in [0.5, 0.6) is 5.75 Å². The first-order valence-electron chi connectivity index (χ1n) is 21.5. The third kappa shape index (κ3) is 10.5. The van der Waals surface area contributed by atoms with Crippen molar-refractivity contribution in [1.29, 1.82) is 0 Å². The zero-order valence-corrected chi connectivity index (χ0v) is 35.9. The second kappa shape index (κ2) is 21.3. The number of aliphatic hydroxyl groups is 5. The lowest BCUT2D eigenvalue weighted by atomic mass is 9.83. The third-order valence-electron chi connectivity index (χ3n) is 12.6. The first-order valence-corrected chi connectivity index (χ1v) is 21.5. The van der Waals surface area contributed by atoms with Gasteiger partial charge in [0.1, 0.15) is 60.6 Å². The molecule has 24 heteroatoms. The van der Waals surface area contributed by atoms with Crippen LogP contribution in [0.25, 0.3) is 10.9 Å². The van der Waals surface area contributed by atoms with E-state index in [0.717, 1.165) is 19.2 Å². The van der Waals surface area contributed by atoms with Gasteiger partial charge < -0.3 is 103 Å². The van der Waals surface area contributed by atoms with Gasteiger partial charge >= 0.3 is 5.97 Å². The summed E-state index contributed by atoms with van der Waals surface area (Å²) in [6.45, 7) is 4.78. The number of aromatic nitrogens is 1. The Morgan fingerprint density at radius 3 is 2.31 bits per heavy atom. The molecule has 1 unspecified atom stereocenters. The molecule has 4 aliphatic heterocycles. The van der Waals surface area contributed by atoms with Crippen molar-refractivity contribution in [3.05, 3.63) is 33.9 Å². The number of benzene rings is 1. The van der Waals surface area contributed by atoms with E-state index in [9.17, 15) is 49.4 Å². The molecule has 5 aliphatic rings. The Kier molecular flexibility index (Phi) is 16.5. The first kappa shape index (κ1) is 49.7. The van der Waals surface area contributed by atoms with Crippen LogP contribution in [0.1, 0.15) is 49.0 Å². The van der Waals surface area contributed by atoms with E-state index < -0.39 is 109 Å². The second-order valence-corrected chi connectivity index (χ2v) is 17.2. The van der Waals surface area contributed by atoms with E-state index in [0.29, 0.717) is 42.9 Å². The summed E-state index contributed by atoms with van der Waals surface area (Å²) in [5.41, 5.74) is 29.3. The molecule has 5 heterocycles. The SMILES string of the molecule is CC1COc2c(N3CCN(C)CC3)c(F)cc3c(=O)c(C(=O)O)cn1c23.NCC[C@H](O)C(=O)N[C@@H]1C[C@H](N)[C@@H](O[C@H]2O[C@H](CN)CC[C@H]2N)[C@H](O)[C@H]1O[C@H]1O[C@H](CO)[C@@H](O)[C@H](N)[C@H]1O. The topological polar surface area (TPSA) is 372 Å². The zero-order valence-electron chi connectivity index (χ0n) is 35.9. The number of carboxylic acid groups (broad SMARTS) is 1. The highest BCUT2D eigenvalue weighted by Crippen LogP contribution is 2.42. The van der Waals surface area contributed by atoms with Gasteiger partial charge in [-0.15, -0.1) is 0 Å². The van der Waals surface area contributed by atoms with Crippen LogP contribution in [0, 0.1) is 5.82 Å². The molecular formula is C40H64FN9O14. The fourth-order valence-electron chi connectivity index (χ4n) is 8.71. The van der Waals surface area contributed by atoms with E-state index in [1.165, 1.54) is 6.20 Å². The van der Waals surface area contributed by atoms with Gasteiger partial charge in [-0.3, -0.25) is 9.59 Å². The number of anilines is 1. The van der Waals surface area contributed by atoms with Crippen LogP contribution in [0.3, 0.4) is 0 Å². The average molecular weight is 914 g/mol. The van der Waals surface area contributed by atoms with E-state index in [2.05, 4.69) is 10.2 Å². The third-order valence-corrected chi connectivity index (χ3v) is 12.6. The van der Waals surface area contributed by atoms with E-state index >= 15 is 0 Å². The van der Waals surface area contributed by atoms with Gasteiger partial charge in [0.15, 0.2) is 24.1 Å².